The fraction of sp³-hybridized carbons (Fsp3) is 0.632. The van der Waals surface area contributed by atoms with E-state index >= 15 is 0 Å². The van der Waals surface area contributed by atoms with Gasteiger partial charge in [0.2, 0.25) is 10.0 Å². The predicted molar refractivity (Wildman–Crippen MR) is 114 cm³/mol. The summed E-state index contributed by atoms with van der Waals surface area (Å²) in [7, 11) is -3.68. The molecule has 0 aliphatic carbocycles. The van der Waals surface area contributed by atoms with Gasteiger partial charge >= 0.3 is 0 Å². The Morgan fingerprint density at radius 1 is 1.26 bits per heavy atom. The molecule has 4 rings (SSSR count). The lowest BCUT2D eigenvalue weighted by molar-refractivity contribution is 0.0595. The molecule has 1 N–H and O–H groups in total. The first-order chi connectivity index (χ1) is 14.9. The van der Waals surface area contributed by atoms with Crippen molar-refractivity contribution >= 4 is 27.3 Å². The Balaban J connectivity index is 1.41. The molecule has 31 heavy (non-hydrogen) atoms. The quantitative estimate of drug-likeness (QED) is 0.679. The smallest absolute Gasteiger partial charge is 0.287 e. The zero-order chi connectivity index (χ0) is 22.0. The molecule has 12 heteroatoms. The van der Waals surface area contributed by atoms with Gasteiger partial charge in [0.05, 0.1) is 30.7 Å². The van der Waals surface area contributed by atoms with E-state index in [4.69, 9.17) is 20.9 Å². The first kappa shape index (κ1) is 22.3. The Morgan fingerprint density at radius 3 is 2.68 bits per heavy atom. The van der Waals surface area contributed by atoms with Crippen LogP contribution >= 0.6 is 11.6 Å². The predicted octanol–water partition coefficient (Wildman–Crippen LogP) is 2.06. The number of hydrogen-bond acceptors (Lipinski definition) is 8. The highest BCUT2D eigenvalue weighted by Gasteiger charge is 2.33. The van der Waals surface area contributed by atoms with Crippen molar-refractivity contribution in [2.24, 2.45) is 5.92 Å². The molecular weight excluding hydrogens is 446 g/mol. The number of hydrogen-bond donors (Lipinski definition) is 1. The molecule has 0 aromatic carbocycles. The maximum atomic E-state index is 12.8. The lowest BCUT2D eigenvalue weighted by Crippen LogP contribution is -2.41. The van der Waals surface area contributed by atoms with Crippen LogP contribution in [0.1, 0.15) is 37.5 Å². The summed E-state index contributed by atoms with van der Waals surface area (Å²) in [5.74, 6) is 0.641. The monoisotopic (exact) mass is 471 g/mol. The van der Waals surface area contributed by atoms with Gasteiger partial charge in [-0.2, -0.15) is 9.40 Å². The Labute approximate surface area is 185 Å². The summed E-state index contributed by atoms with van der Waals surface area (Å²) in [6, 6.07) is -0.221. The fourth-order valence-corrected chi connectivity index (χ4v) is 5.80. The summed E-state index contributed by atoms with van der Waals surface area (Å²) in [5, 5.41) is 11.2. The molecule has 10 nitrogen and oxygen atoms in total. The van der Waals surface area contributed by atoms with Gasteiger partial charge in [0.15, 0.2) is 5.76 Å². The van der Waals surface area contributed by atoms with E-state index in [0.29, 0.717) is 37.6 Å². The number of halogens is 1. The summed E-state index contributed by atoms with van der Waals surface area (Å²) in [5.41, 5.74) is 0.138. The lowest BCUT2D eigenvalue weighted by atomic mass is 10.0. The van der Waals surface area contributed by atoms with Gasteiger partial charge in [-0.1, -0.05) is 16.8 Å². The zero-order valence-electron chi connectivity index (χ0n) is 17.3. The molecule has 0 bridgehead atoms. The summed E-state index contributed by atoms with van der Waals surface area (Å²) in [4.78, 5) is 12.9. The van der Waals surface area contributed by atoms with Gasteiger partial charge in [0.1, 0.15) is 9.92 Å². The molecule has 0 amide bonds. The SMILES string of the molecule is Cc1oncc1S(=O)(=O)N1CCC(n2ncc(NC[C@H]3CCCOC3)c(Cl)c2=O)CC1. The highest BCUT2D eigenvalue weighted by Crippen LogP contribution is 2.28. The molecule has 4 heterocycles. The van der Waals surface area contributed by atoms with E-state index in [-0.39, 0.29) is 40.4 Å². The number of aryl methyl sites for hydroxylation is 1. The number of nitrogens with one attached hydrogen (secondary N) is 1. The van der Waals surface area contributed by atoms with Gasteiger partial charge in [-0.3, -0.25) is 4.79 Å². The van der Waals surface area contributed by atoms with Gasteiger partial charge in [-0.25, -0.2) is 13.1 Å². The van der Waals surface area contributed by atoms with Crippen LogP contribution in [0.5, 0.6) is 0 Å². The van der Waals surface area contributed by atoms with E-state index in [1.54, 1.807) is 13.1 Å². The van der Waals surface area contributed by atoms with Crippen LogP contribution in [-0.2, 0) is 14.8 Å². The average molecular weight is 472 g/mol. The zero-order valence-corrected chi connectivity index (χ0v) is 18.9. The number of anilines is 1. The normalized spacial score (nSPS) is 21.3. The van der Waals surface area contributed by atoms with Crippen LogP contribution in [0, 0.1) is 12.8 Å². The fourth-order valence-electron chi connectivity index (χ4n) is 4.05. The van der Waals surface area contributed by atoms with Crippen molar-refractivity contribution in [3.8, 4) is 0 Å². The second-order valence-corrected chi connectivity index (χ2v) is 10.3. The highest BCUT2D eigenvalue weighted by molar-refractivity contribution is 7.89. The van der Waals surface area contributed by atoms with E-state index in [1.807, 2.05) is 0 Å². The van der Waals surface area contributed by atoms with Crippen molar-refractivity contribution in [3.05, 3.63) is 33.5 Å². The molecule has 2 aromatic heterocycles. The van der Waals surface area contributed by atoms with Crippen LogP contribution in [-0.4, -0.2) is 60.5 Å². The van der Waals surface area contributed by atoms with Crippen LogP contribution < -0.4 is 10.9 Å². The van der Waals surface area contributed by atoms with E-state index in [9.17, 15) is 13.2 Å². The van der Waals surface area contributed by atoms with Crippen LogP contribution in [0.15, 0.2) is 26.6 Å². The standard InChI is InChI=1S/C19H26ClN5O5S/c1-13-17(11-23-30-13)31(27,28)24-6-4-15(5-7-24)25-19(26)18(20)16(10-22-25)21-9-14-3-2-8-29-12-14/h10-11,14-15,21H,2-9,12H2,1H3/t14-/m1/s1. The minimum atomic E-state index is -3.68. The summed E-state index contributed by atoms with van der Waals surface area (Å²) < 4.78 is 38.7. The third-order valence-corrected chi connectivity index (χ3v) is 8.23. The topological polar surface area (TPSA) is 120 Å². The Kier molecular flexibility index (Phi) is 6.65. The Morgan fingerprint density at radius 2 is 2.03 bits per heavy atom. The molecule has 2 aromatic rings. The minimum absolute atomic E-state index is 0.0723. The number of piperidine rings is 1. The molecule has 0 saturated carbocycles. The molecular formula is C19H26ClN5O5S. The van der Waals surface area contributed by atoms with Crippen molar-refractivity contribution < 1.29 is 17.7 Å². The van der Waals surface area contributed by atoms with Gasteiger partial charge in [0, 0.05) is 26.2 Å². The van der Waals surface area contributed by atoms with Gasteiger partial charge in [-0.05, 0) is 38.5 Å². The van der Waals surface area contributed by atoms with Crippen molar-refractivity contribution in [2.75, 3.05) is 38.2 Å². The molecule has 1 atom stereocenters. The number of rotatable bonds is 6. The first-order valence-corrected chi connectivity index (χ1v) is 12.2. The third-order valence-electron chi connectivity index (χ3n) is 5.87. The molecule has 0 spiro atoms. The van der Waals surface area contributed by atoms with Crippen LogP contribution in [0.3, 0.4) is 0 Å². The van der Waals surface area contributed by atoms with Crippen molar-refractivity contribution in [1.29, 1.82) is 0 Å². The van der Waals surface area contributed by atoms with Gasteiger partial charge < -0.3 is 14.6 Å². The summed E-state index contributed by atoms with van der Waals surface area (Å²) >= 11 is 6.33. The maximum absolute atomic E-state index is 12.8. The van der Waals surface area contributed by atoms with E-state index in [1.165, 1.54) is 15.2 Å². The largest absolute Gasteiger partial charge is 0.382 e. The number of ether oxygens (including phenoxy) is 1. The maximum Gasteiger partial charge on any atom is 0.287 e. The molecule has 2 fully saturated rings. The van der Waals surface area contributed by atoms with E-state index in [2.05, 4.69) is 15.6 Å². The molecule has 2 aliphatic rings. The highest BCUT2D eigenvalue weighted by atomic mass is 35.5. The first-order valence-electron chi connectivity index (χ1n) is 10.4. The molecule has 170 valence electrons. The lowest BCUT2D eigenvalue weighted by Gasteiger charge is -2.31. The number of nitrogens with zero attached hydrogens (tertiary/aromatic N) is 4. The van der Waals surface area contributed by atoms with Crippen molar-refractivity contribution in [3.63, 3.8) is 0 Å². The number of sulfonamides is 1. The minimum Gasteiger partial charge on any atom is -0.382 e. The second kappa shape index (κ2) is 9.27. The van der Waals surface area contributed by atoms with Crippen molar-refractivity contribution in [2.45, 2.75) is 43.5 Å². The Hall–Kier alpha value is -1.95. The van der Waals surface area contributed by atoms with Crippen molar-refractivity contribution in [1.82, 2.24) is 19.2 Å². The van der Waals surface area contributed by atoms with E-state index in [0.717, 1.165) is 19.4 Å². The third kappa shape index (κ3) is 4.64. The van der Waals surface area contributed by atoms with Crippen LogP contribution in [0.25, 0.3) is 0 Å². The molecule has 2 aliphatic heterocycles. The average Bonchev–Trinajstić information content (AvgIpc) is 3.22. The van der Waals surface area contributed by atoms with Crippen LogP contribution in [0.4, 0.5) is 5.69 Å². The summed E-state index contributed by atoms with van der Waals surface area (Å²) in [6.45, 7) is 4.27. The van der Waals surface area contributed by atoms with Gasteiger partial charge in [-0.15, -0.1) is 0 Å². The molecule has 0 radical (unpaired) electrons. The Bertz CT molecular complexity index is 1070. The van der Waals surface area contributed by atoms with E-state index < -0.39 is 10.0 Å². The second-order valence-electron chi connectivity index (χ2n) is 7.97. The molecule has 2 saturated heterocycles. The number of aromatic nitrogens is 3. The van der Waals surface area contributed by atoms with Gasteiger partial charge in [0.25, 0.3) is 5.56 Å². The van der Waals surface area contributed by atoms with Crippen LogP contribution in [0.2, 0.25) is 5.02 Å². The molecule has 0 unspecified atom stereocenters. The summed E-state index contributed by atoms with van der Waals surface area (Å²) in [6.07, 6.45) is 5.80.